The van der Waals surface area contributed by atoms with Crippen molar-refractivity contribution in [2.75, 3.05) is 11.9 Å². The van der Waals surface area contributed by atoms with Crippen molar-refractivity contribution in [3.63, 3.8) is 0 Å². The van der Waals surface area contributed by atoms with Gasteiger partial charge in [0.25, 0.3) is 5.91 Å². The van der Waals surface area contributed by atoms with Gasteiger partial charge >= 0.3 is 0 Å². The van der Waals surface area contributed by atoms with E-state index in [4.69, 9.17) is 11.5 Å². The zero-order valence-corrected chi connectivity index (χ0v) is 9.84. The first kappa shape index (κ1) is 12.7. The van der Waals surface area contributed by atoms with Crippen LogP contribution in [0.1, 0.15) is 23.7 Å². The summed E-state index contributed by atoms with van der Waals surface area (Å²) in [5.41, 5.74) is 10.9. The average molecular weight is 241 g/mol. The Balaban J connectivity index is 2.63. The van der Waals surface area contributed by atoms with Gasteiger partial charge in [-0.3, -0.25) is 9.59 Å². The number of anilines is 1. The van der Waals surface area contributed by atoms with Gasteiger partial charge in [-0.15, -0.1) is 11.3 Å². The molecule has 0 aliphatic carbocycles. The molecule has 88 valence electrons. The summed E-state index contributed by atoms with van der Waals surface area (Å²) in [4.78, 5) is 22.5. The SMILES string of the molecule is CC(CN)CC(=O)Nc1sccc1C(N)=O. The van der Waals surface area contributed by atoms with E-state index in [0.717, 1.165) is 0 Å². The average Bonchev–Trinajstić information content (AvgIpc) is 2.65. The predicted molar refractivity (Wildman–Crippen MR) is 64.3 cm³/mol. The smallest absolute Gasteiger partial charge is 0.251 e. The van der Waals surface area contributed by atoms with E-state index in [-0.39, 0.29) is 11.8 Å². The third-order valence-corrected chi connectivity index (χ3v) is 2.95. The largest absolute Gasteiger partial charge is 0.366 e. The van der Waals surface area contributed by atoms with E-state index in [1.807, 2.05) is 6.92 Å². The number of thiophene rings is 1. The van der Waals surface area contributed by atoms with Gasteiger partial charge < -0.3 is 16.8 Å². The molecule has 0 spiro atoms. The Morgan fingerprint density at radius 2 is 2.25 bits per heavy atom. The summed E-state index contributed by atoms with van der Waals surface area (Å²) >= 11 is 1.28. The normalized spacial score (nSPS) is 12.1. The molecule has 1 unspecified atom stereocenters. The van der Waals surface area contributed by atoms with Gasteiger partial charge in [0, 0.05) is 6.42 Å². The van der Waals surface area contributed by atoms with Crippen molar-refractivity contribution in [2.24, 2.45) is 17.4 Å². The highest BCUT2D eigenvalue weighted by Gasteiger charge is 2.13. The molecule has 1 heterocycles. The summed E-state index contributed by atoms with van der Waals surface area (Å²) in [7, 11) is 0. The summed E-state index contributed by atoms with van der Waals surface area (Å²) in [6, 6.07) is 1.59. The van der Waals surface area contributed by atoms with Gasteiger partial charge in [-0.05, 0) is 23.9 Å². The summed E-state index contributed by atoms with van der Waals surface area (Å²) in [5, 5.41) is 4.87. The molecule has 1 atom stereocenters. The molecule has 5 N–H and O–H groups in total. The van der Waals surface area contributed by atoms with Crippen molar-refractivity contribution in [2.45, 2.75) is 13.3 Å². The molecule has 2 amide bonds. The lowest BCUT2D eigenvalue weighted by atomic mass is 10.1. The minimum Gasteiger partial charge on any atom is -0.366 e. The Labute approximate surface area is 97.8 Å². The first-order chi connectivity index (χ1) is 7.54. The first-order valence-electron chi connectivity index (χ1n) is 4.91. The number of nitrogens with one attached hydrogen (secondary N) is 1. The van der Waals surface area contributed by atoms with Gasteiger partial charge in [-0.1, -0.05) is 6.92 Å². The molecular weight excluding hydrogens is 226 g/mol. The molecule has 0 fully saturated rings. The zero-order valence-electron chi connectivity index (χ0n) is 9.03. The van der Waals surface area contributed by atoms with E-state index in [1.54, 1.807) is 11.4 Å². The fourth-order valence-corrected chi connectivity index (χ4v) is 1.99. The predicted octanol–water partition coefficient (Wildman–Crippen LogP) is 0.770. The lowest BCUT2D eigenvalue weighted by molar-refractivity contribution is -0.116. The molecule has 16 heavy (non-hydrogen) atoms. The van der Waals surface area contributed by atoms with E-state index >= 15 is 0 Å². The van der Waals surface area contributed by atoms with Gasteiger partial charge in [-0.2, -0.15) is 0 Å². The van der Waals surface area contributed by atoms with E-state index in [0.29, 0.717) is 23.5 Å². The molecule has 0 aromatic carbocycles. The van der Waals surface area contributed by atoms with Crippen LogP contribution in [0.2, 0.25) is 0 Å². The van der Waals surface area contributed by atoms with E-state index in [2.05, 4.69) is 5.32 Å². The monoisotopic (exact) mass is 241 g/mol. The first-order valence-corrected chi connectivity index (χ1v) is 5.79. The third-order valence-electron chi connectivity index (χ3n) is 2.12. The zero-order chi connectivity index (χ0) is 12.1. The molecule has 0 saturated heterocycles. The van der Waals surface area contributed by atoms with Crippen molar-refractivity contribution >= 4 is 28.2 Å². The minimum absolute atomic E-state index is 0.122. The lowest BCUT2D eigenvalue weighted by Crippen LogP contribution is -2.21. The number of hydrogen-bond donors (Lipinski definition) is 3. The molecule has 5 nitrogen and oxygen atoms in total. The van der Waals surface area contributed by atoms with Gasteiger partial charge in [-0.25, -0.2) is 0 Å². The summed E-state index contributed by atoms with van der Waals surface area (Å²) < 4.78 is 0. The van der Waals surface area contributed by atoms with Crippen molar-refractivity contribution < 1.29 is 9.59 Å². The van der Waals surface area contributed by atoms with Crippen LogP contribution in [0.25, 0.3) is 0 Å². The second kappa shape index (κ2) is 5.62. The highest BCUT2D eigenvalue weighted by Crippen LogP contribution is 2.23. The molecule has 1 rings (SSSR count). The number of hydrogen-bond acceptors (Lipinski definition) is 4. The third kappa shape index (κ3) is 3.32. The van der Waals surface area contributed by atoms with E-state index in [1.165, 1.54) is 11.3 Å². The molecule has 1 aromatic rings. The standard InChI is InChI=1S/C10H15N3O2S/c1-6(5-11)4-8(14)13-10-7(9(12)15)2-3-16-10/h2-3,6H,4-5,11H2,1H3,(H2,12,15)(H,13,14). The van der Waals surface area contributed by atoms with E-state index in [9.17, 15) is 9.59 Å². The number of nitrogens with two attached hydrogens (primary N) is 2. The van der Waals surface area contributed by atoms with Crippen molar-refractivity contribution in [1.29, 1.82) is 0 Å². The number of carbonyl (C=O) groups is 2. The Bertz CT molecular complexity index is 389. The maximum Gasteiger partial charge on any atom is 0.251 e. The Hall–Kier alpha value is -1.40. The Morgan fingerprint density at radius 1 is 1.56 bits per heavy atom. The maximum atomic E-state index is 11.5. The van der Waals surface area contributed by atoms with Gasteiger partial charge in [0.1, 0.15) is 5.00 Å². The van der Waals surface area contributed by atoms with Crippen LogP contribution >= 0.6 is 11.3 Å². The Kier molecular flexibility index (Phi) is 4.45. The topological polar surface area (TPSA) is 98.2 Å². The Morgan fingerprint density at radius 3 is 2.81 bits per heavy atom. The summed E-state index contributed by atoms with van der Waals surface area (Å²) in [5.74, 6) is -0.566. The number of carbonyl (C=O) groups excluding carboxylic acids is 2. The molecule has 6 heteroatoms. The van der Waals surface area contributed by atoms with E-state index < -0.39 is 5.91 Å². The van der Waals surface area contributed by atoms with Crippen LogP contribution in [0.4, 0.5) is 5.00 Å². The number of primary amides is 1. The highest BCUT2D eigenvalue weighted by molar-refractivity contribution is 7.14. The molecule has 0 aliphatic heterocycles. The van der Waals surface area contributed by atoms with Crippen LogP contribution in [0.15, 0.2) is 11.4 Å². The quantitative estimate of drug-likeness (QED) is 0.710. The van der Waals surface area contributed by atoms with Crippen LogP contribution < -0.4 is 16.8 Å². The highest BCUT2D eigenvalue weighted by atomic mass is 32.1. The number of amides is 2. The van der Waals surface area contributed by atoms with Crippen molar-refractivity contribution in [3.8, 4) is 0 Å². The van der Waals surface area contributed by atoms with Gasteiger partial charge in [0.15, 0.2) is 0 Å². The second-order valence-corrected chi connectivity index (χ2v) is 4.54. The van der Waals surface area contributed by atoms with Crippen LogP contribution in [0.5, 0.6) is 0 Å². The summed E-state index contributed by atoms with van der Waals surface area (Å²) in [6.45, 7) is 2.35. The minimum atomic E-state index is -0.538. The molecule has 1 aromatic heterocycles. The van der Waals surface area contributed by atoms with Crippen LogP contribution in [-0.2, 0) is 4.79 Å². The van der Waals surface area contributed by atoms with Crippen molar-refractivity contribution in [3.05, 3.63) is 17.0 Å². The van der Waals surface area contributed by atoms with Crippen LogP contribution in [-0.4, -0.2) is 18.4 Å². The molecule has 0 aliphatic rings. The fourth-order valence-electron chi connectivity index (χ4n) is 1.18. The van der Waals surface area contributed by atoms with Crippen LogP contribution in [0.3, 0.4) is 0 Å². The summed E-state index contributed by atoms with van der Waals surface area (Å²) in [6.07, 6.45) is 0.340. The molecule has 0 radical (unpaired) electrons. The maximum absolute atomic E-state index is 11.5. The fraction of sp³-hybridized carbons (Fsp3) is 0.400. The van der Waals surface area contributed by atoms with Crippen molar-refractivity contribution in [1.82, 2.24) is 0 Å². The molecule has 0 saturated carbocycles. The van der Waals surface area contributed by atoms with Gasteiger partial charge in [0.05, 0.1) is 5.56 Å². The van der Waals surface area contributed by atoms with Crippen LogP contribution in [0, 0.1) is 5.92 Å². The van der Waals surface area contributed by atoms with Gasteiger partial charge in [0.2, 0.25) is 5.91 Å². The second-order valence-electron chi connectivity index (χ2n) is 3.62. The number of rotatable bonds is 5. The molecular formula is C10H15N3O2S. The lowest BCUT2D eigenvalue weighted by Gasteiger charge is -2.08. The molecule has 0 bridgehead atoms.